The summed E-state index contributed by atoms with van der Waals surface area (Å²) in [6.07, 6.45) is -2.98. The summed E-state index contributed by atoms with van der Waals surface area (Å²) in [4.78, 5) is 36.0. The third-order valence-corrected chi connectivity index (χ3v) is 5.10. The van der Waals surface area contributed by atoms with Crippen molar-refractivity contribution in [3.63, 3.8) is 0 Å². The number of alkyl carbamates (subject to hydrolysis) is 1. The first-order chi connectivity index (χ1) is 16.7. The number of nitrogens with one attached hydrogen (secondary N) is 2. The van der Waals surface area contributed by atoms with Crippen LogP contribution in [0.2, 0.25) is 0 Å². The predicted octanol–water partition coefficient (Wildman–Crippen LogP) is 4.39. The Morgan fingerprint density at radius 1 is 0.914 bits per heavy atom. The fraction of sp³-hybridized carbons (Fsp3) is 0.400. The number of carbonyl (C=O) groups is 3. The van der Waals surface area contributed by atoms with Gasteiger partial charge in [-0.2, -0.15) is 13.2 Å². The molecule has 2 rings (SSSR count). The maximum Gasteiger partial charge on any atom is 0.416 e. The Morgan fingerprint density at radius 3 is 2.23 bits per heavy atom. The number of methoxy groups -OCH3 is 1. The molecule has 0 aromatic heterocycles. The third kappa shape index (κ3) is 10.5. The van der Waals surface area contributed by atoms with E-state index in [1.807, 2.05) is 30.3 Å². The first kappa shape index (κ1) is 27.7. The van der Waals surface area contributed by atoms with E-state index in [1.54, 1.807) is 0 Å². The van der Waals surface area contributed by atoms with Crippen molar-refractivity contribution in [3.05, 3.63) is 71.3 Å². The number of hydrogen-bond acceptors (Lipinski definition) is 5. The van der Waals surface area contributed by atoms with E-state index in [1.165, 1.54) is 19.2 Å². The van der Waals surface area contributed by atoms with Gasteiger partial charge in [0.2, 0.25) is 5.91 Å². The van der Waals surface area contributed by atoms with Crippen molar-refractivity contribution in [1.82, 2.24) is 10.6 Å². The molecule has 0 aliphatic carbocycles. The Labute approximate surface area is 202 Å². The molecule has 7 nitrogen and oxygen atoms in total. The quantitative estimate of drug-likeness (QED) is 0.337. The van der Waals surface area contributed by atoms with Crippen LogP contribution in [0, 0.1) is 0 Å². The molecule has 0 fully saturated rings. The molecule has 190 valence electrons. The van der Waals surface area contributed by atoms with Gasteiger partial charge in [-0.3, -0.25) is 4.79 Å². The van der Waals surface area contributed by atoms with E-state index in [4.69, 9.17) is 9.47 Å². The van der Waals surface area contributed by atoms with Crippen LogP contribution in [0.15, 0.2) is 54.6 Å². The minimum absolute atomic E-state index is 0.00552. The highest BCUT2D eigenvalue weighted by atomic mass is 19.4. The second-order valence-electron chi connectivity index (χ2n) is 7.84. The lowest BCUT2D eigenvalue weighted by Crippen LogP contribution is -2.43. The number of carbonyl (C=O) groups excluding carboxylic acids is 3. The Kier molecular flexibility index (Phi) is 11.1. The number of unbranched alkanes of at least 4 members (excludes halogenated alkanes) is 2. The van der Waals surface area contributed by atoms with E-state index in [9.17, 15) is 27.6 Å². The molecule has 0 aliphatic rings. The average Bonchev–Trinajstić information content (AvgIpc) is 2.84. The standard InChI is InChI=1S/C25H29F3N2O5/c1-34-23(32)21(16-18-11-13-20(14-12-18)25(26,27)28)30-22(31)10-6-3-7-15-29-24(33)35-17-19-8-4-2-5-9-19/h2,4-5,8-9,11-14,21H,3,6-7,10,15-17H2,1H3,(H,29,33)(H,30,31)/t21-/m0/s1. The van der Waals surface area contributed by atoms with Gasteiger partial charge in [0.1, 0.15) is 12.6 Å². The number of hydrogen-bond donors (Lipinski definition) is 2. The van der Waals surface area contributed by atoms with Crippen LogP contribution in [0.4, 0.5) is 18.0 Å². The molecule has 10 heteroatoms. The lowest BCUT2D eigenvalue weighted by molar-refractivity contribution is -0.145. The molecule has 0 bridgehead atoms. The van der Waals surface area contributed by atoms with Crippen LogP contribution < -0.4 is 10.6 Å². The van der Waals surface area contributed by atoms with Gasteiger partial charge in [-0.25, -0.2) is 9.59 Å². The summed E-state index contributed by atoms with van der Waals surface area (Å²) in [7, 11) is 1.17. The zero-order chi connectivity index (χ0) is 25.7. The summed E-state index contributed by atoms with van der Waals surface area (Å²) in [6.45, 7) is 0.578. The Bertz CT molecular complexity index is 950. The minimum Gasteiger partial charge on any atom is -0.467 e. The van der Waals surface area contributed by atoms with E-state index in [0.29, 0.717) is 31.4 Å². The molecule has 0 unspecified atom stereocenters. The van der Waals surface area contributed by atoms with Gasteiger partial charge in [0.15, 0.2) is 0 Å². The molecule has 2 aromatic rings. The maximum atomic E-state index is 12.7. The lowest BCUT2D eigenvalue weighted by Gasteiger charge is -2.17. The lowest BCUT2D eigenvalue weighted by atomic mass is 10.0. The number of benzene rings is 2. The van der Waals surface area contributed by atoms with Crippen molar-refractivity contribution >= 4 is 18.0 Å². The van der Waals surface area contributed by atoms with Gasteiger partial charge < -0.3 is 20.1 Å². The maximum absolute atomic E-state index is 12.7. The van der Waals surface area contributed by atoms with Gasteiger partial charge in [-0.15, -0.1) is 0 Å². The van der Waals surface area contributed by atoms with Crippen LogP contribution >= 0.6 is 0 Å². The predicted molar refractivity (Wildman–Crippen MR) is 122 cm³/mol. The van der Waals surface area contributed by atoms with Crippen LogP contribution in [0.5, 0.6) is 0 Å². The van der Waals surface area contributed by atoms with Gasteiger partial charge in [0.05, 0.1) is 12.7 Å². The number of halogens is 3. The largest absolute Gasteiger partial charge is 0.467 e. The molecule has 1 atom stereocenters. The summed E-state index contributed by atoms with van der Waals surface area (Å²) < 4.78 is 48.0. The van der Waals surface area contributed by atoms with E-state index in [0.717, 1.165) is 17.7 Å². The number of amides is 2. The van der Waals surface area contributed by atoms with E-state index >= 15 is 0 Å². The van der Waals surface area contributed by atoms with Crippen LogP contribution in [-0.2, 0) is 38.3 Å². The van der Waals surface area contributed by atoms with Crippen molar-refractivity contribution < 1.29 is 37.0 Å². The van der Waals surface area contributed by atoms with Gasteiger partial charge in [-0.05, 0) is 36.1 Å². The van der Waals surface area contributed by atoms with Crippen LogP contribution in [0.1, 0.15) is 42.4 Å². The highest BCUT2D eigenvalue weighted by molar-refractivity contribution is 5.84. The summed E-state index contributed by atoms with van der Waals surface area (Å²) in [6, 6.07) is 12.7. The van der Waals surface area contributed by atoms with Crippen molar-refractivity contribution in [2.24, 2.45) is 0 Å². The molecular weight excluding hydrogens is 465 g/mol. The fourth-order valence-corrected chi connectivity index (χ4v) is 3.22. The molecule has 35 heavy (non-hydrogen) atoms. The fourth-order valence-electron chi connectivity index (χ4n) is 3.22. The molecule has 0 saturated carbocycles. The topological polar surface area (TPSA) is 93.7 Å². The minimum atomic E-state index is -4.45. The summed E-state index contributed by atoms with van der Waals surface area (Å²) in [5.74, 6) is -1.06. The highest BCUT2D eigenvalue weighted by Gasteiger charge is 2.30. The number of alkyl halides is 3. The molecule has 2 N–H and O–H groups in total. The van der Waals surface area contributed by atoms with Crippen LogP contribution in [0.3, 0.4) is 0 Å². The molecule has 2 aromatic carbocycles. The summed E-state index contributed by atoms with van der Waals surface area (Å²) >= 11 is 0. The summed E-state index contributed by atoms with van der Waals surface area (Å²) in [5.41, 5.74) is 0.551. The van der Waals surface area contributed by atoms with Gasteiger partial charge in [-0.1, -0.05) is 48.9 Å². The highest BCUT2D eigenvalue weighted by Crippen LogP contribution is 2.29. The first-order valence-electron chi connectivity index (χ1n) is 11.2. The Balaban J connectivity index is 1.66. The van der Waals surface area contributed by atoms with Crippen molar-refractivity contribution in [1.29, 1.82) is 0 Å². The number of ether oxygens (including phenoxy) is 2. The van der Waals surface area contributed by atoms with Gasteiger partial charge in [0, 0.05) is 19.4 Å². The zero-order valence-electron chi connectivity index (χ0n) is 19.4. The van der Waals surface area contributed by atoms with Crippen molar-refractivity contribution in [2.75, 3.05) is 13.7 Å². The average molecular weight is 495 g/mol. The molecule has 0 radical (unpaired) electrons. The SMILES string of the molecule is COC(=O)[C@H](Cc1ccc(C(F)(F)F)cc1)NC(=O)CCCCCNC(=O)OCc1ccccc1. The normalized spacial score (nSPS) is 11.9. The monoisotopic (exact) mass is 494 g/mol. The number of esters is 1. The molecule has 0 saturated heterocycles. The van der Waals surface area contributed by atoms with E-state index in [2.05, 4.69) is 10.6 Å². The van der Waals surface area contributed by atoms with Gasteiger partial charge in [0.25, 0.3) is 0 Å². The first-order valence-corrected chi connectivity index (χ1v) is 11.2. The van der Waals surface area contributed by atoms with E-state index in [-0.39, 0.29) is 25.4 Å². The molecule has 0 aliphatic heterocycles. The number of rotatable bonds is 12. The molecule has 2 amide bonds. The molecule has 0 heterocycles. The Hall–Kier alpha value is -3.56. The summed E-state index contributed by atoms with van der Waals surface area (Å²) in [5, 5.41) is 5.22. The Morgan fingerprint density at radius 2 is 1.60 bits per heavy atom. The smallest absolute Gasteiger partial charge is 0.416 e. The van der Waals surface area contributed by atoms with E-state index < -0.39 is 29.8 Å². The third-order valence-electron chi connectivity index (χ3n) is 5.10. The van der Waals surface area contributed by atoms with Gasteiger partial charge >= 0.3 is 18.2 Å². The second-order valence-corrected chi connectivity index (χ2v) is 7.84. The van der Waals surface area contributed by atoms with Crippen molar-refractivity contribution in [3.8, 4) is 0 Å². The molecular formula is C25H29F3N2O5. The molecule has 0 spiro atoms. The van der Waals surface area contributed by atoms with Crippen LogP contribution in [-0.4, -0.2) is 37.7 Å². The second kappa shape index (κ2) is 14.0. The van der Waals surface area contributed by atoms with Crippen molar-refractivity contribution in [2.45, 2.75) is 50.9 Å². The zero-order valence-corrected chi connectivity index (χ0v) is 19.4. The van der Waals surface area contributed by atoms with Crippen LogP contribution in [0.25, 0.3) is 0 Å².